The van der Waals surface area contributed by atoms with Crippen molar-refractivity contribution in [2.24, 2.45) is 17.6 Å². The molecule has 0 aliphatic carbocycles. The van der Waals surface area contributed by atoms with Gasteiger partial charge in [-0.15, -0.1) is 0 Å². The van der Waals surface area contributed by atoms with Gasteiger partial charge in [0.15, 0.2) is 0 Å². The van der Waals surface area contributed by atoms with Gasteiger partial charge in [-0.1, -0.05) is 39.5 Å². The summed E-state index contributed by atoms with van der Waals surface area (Å²) < 4.78 is 5.39. The summed E-state index contributed by atoms with van der Waals surface area (Å²) in [6, 6.07) is -0.0556. The third-order valence-electron chi connectivity index (χ3n) is 3.90. The fourth-order valence-electron chi connectivity index (χ4n) is 2.53. The summed E-state index contributed by atoms with van der Waals surface area (Å²) in [7, 11) is 1.69. The molecule has 112 valence electrons. The van der Waals surface area contributed by atoms with Crippen LogP contribution in [0.1, 0.15) is 40.5 Å². The molecule has 2 unspecified atom stereocenters. The zero-order valence-corrected chi connectivity index (χ0v) is 13.1. The number of hydrogen-bond acceptors (Lipinski definition) is 3. The van der Waals surface area contributed by atoms with Crippen LogP contribution in [0.25, 0.3) is 0 Å². The van der Waals surface area contributed by atoms with Crippen LogP contribution < -0.4 is 5.73 Å². The third-order valence-corrected chi connectivity index (χ3v) is 3.90. The van der Waals surface area contributed by atoms with E-state index >= 15 is 0 Å². The van der Waals surface area contributed by atoms with Crippen LogP contribution in [0.5, 0.6) is 0 Å². The highest BCUT2D eigenvalue weighted by molar-refractivity contribution is 5.21. The summed E-state index contributed by atoms with van der Waals surface area (Å²) in [4.78, 5) is 0. The molecular weight excluding hydrogens is 238 g/mol. The van der Waals surface area contributed by atoms with E-state index in [-0.39, 0.29) is 18.1 Å². The van der Waals surface area contributed by atoms with E-state index in [4.69, 9.17) is 10.5 Å². The van der Waals surface area contributed by atoms with Crippen molar-refractivity contribution in [3.05, 3.63) is 24.3 Å². The predicted octanol–water partition coefficient (Wildman–Crippen LogP) is 2.89. The normalized spacial score (nSPS) is 19.1. The monoisotopic (exact) mass is 269 g/mol. The quantitative estimate of drug-likeness (QED) is 0.633. The van der Waals surface area contributed by atoms with Crippen molar-refractivity contribution >= 4 is 0 Å². The second-order valence-electron chi connectivity index (χ2n) is 5.43. The van der Waals surface area contributed by atoms with E-state index in [0.29, 0.717) is 5.92 Å². The minimum atomic E-state index is -0.511. The number of methoxy groups -OCH3 is 1. The van der Waals surface area contributed by atoms with Crippen molar-refractivity contribution in [3.8, 4) is 0 Å². The van der Waals surface area contributed by atoms with Crippen LogP contribution in [0.4, 0.5) is 0 Å². The topological polar surface area (TPSA) is 55.5 Å². The molecule has 0 amide bonds. The van der Waals surface area contributed by atoms with Gasteiger partial charge in [-0.2, -0.15) is 0 Å². The second kappa shape index (κ2) is 9.29. The Labute approximate surface area is 118 Å². The molecule has 0 aliphatic heterocycles. The Morgan fingerprint density at radius 3 is 2.32 bits per heavy atom. The molecule has 0 saturated heterocycles. The van der Waals surface area contributed by atoms with E-state index in [9.17, 15) is 5.11 Å². The number of aliphatic hydroxyl groups excluding tert-OH is 1. The molecule has 0 aliphatic rings. The summed E-state index contributed by atoms with van der Waals surface area (Å²) in [5.41, 5.74) is 7.09. The van der Waals surface area contributed by atoms with Crippen molar-refractivity contribution in [3.63, 3.8) is 0 Å². The lowest BCUT2D eigenvalue weighted by Crippen LogP contribution is -2.41. The molecule has 19 heavy (non-hydrogen) atoms. The maximum atomic E-state index is 10.5. The molecule has 0 heterocycles. The lowest BCUT2D eigenvalue weighted by Gasteiger charge is -2.32. The molecule has 0 aromatic carbocycles. The Morgan fingerprint density at radius 1 is 1.42 bits per heavy atom. The first-order valence-electron chi connectivity index (χ1n) is 7.17. The van der Waals surface area contributed by atoms with E-state index in [1.165, 1.54) is 0 Å². The molecule has 3 heteroatoms. The van der Waals surface area contributed by atoms with Gasteiger partial charge in [0.2, 0.25) is 0 Å². The Bertz CT molecular complexity index is 282. The van der Waals surface area contributed by atoms with E-state index in [2.05, 4.69) is 27.4 Å². The van der Waals surface area contributed by atoms with Crippen LogP contribution in [0, 0.1) is 11.8 Å². The van der Waals surface area contributed by atoms with Gasteiger partial charge in [0, 0.05) is 13.2 Å². The minimum absolute atomic E-state index is 0.0474. The molecule has 0 bridgehead atoms. The molecule has 0 aromatic rings. The third kappa shape index (κ3) is 5.47. The molecule has 4 atom stereocenters. The van der Waals surface area contributed by atoms with Crippen LogP contribution in [0.15, 0.2) is 24.3 Å². The Hall–Kier alpha value is -0.640. The van der Waals surface area contributed by atoms with E-state index in [1.807, 2.05) is 13.0 Å². The maximum absolute atomic E-state index is 10.5. The molecule has 0 fully saturated rings. The largest absolute Gasteiger partial charge is 0.388 e. The van der Waals surface area contributed by atoms with Crippen molar-refractivity contribution in [2.45, 2.75) is 58.8 Å². The number of ether oxygens (including phenoxy) is 1. The molecular formula is C16H31NO2. The fourth-order valence-corrected chi connectivity index (χ4v) is 2.53. The average Bonchev–Trinajstić information content (AvgIpc) is 2.38. The van der Waals surface area contributed by atoms with Gasteiger partial charge in [-0.05, 0) is 37.2 Å². The Kier molecular flexibility index (Phi) is 8.98. The average molecular weight is 269 g/mol. The van der Waals surface area contributed by atoms with Gasteiger partial charge in [0.25, 0.3) is 0 Å². The van der Waals surface area contributed by atoms with Crippen LogP contribution >= 0.6 is 0 Å². The first-order valence-corrected chi connectivity index (χ1v) is 7.17. The minimum Gasteiger partial charge on any atom is -0.388 e. The SMILES string of the molecule is C=C/C(=C\C)C(O)C(C[C@H](N)[C@H](CC)OC)C(C)C. The van der Waals surface area contributed by atoms with E-state index < -0.39 is 6.10 Å². The maximum Gasteiger partial charge on any atom is 0.0817 e. The molecule has 0 radical (unpaired) electrons. The fraction of sp³-hybridized carbons (Fsp3) is 0.750. The Balaban J connectivity index is 4.88. The Morgan fingerprint density at radius 2 is 2.00 bits per heavy atom. The van der Waals surface area contributed by atoms with Crippen LogP contribution in [0.2, 0.25) is 0 Å². The van der Waals surface area contributed by atoms with Crippen LogP contribution in [-0.4, -0.2) is 30.5 Å². The lowest BCUT2D eigenvalue weighted by molar-refractivity contribution is 0.0469. The van der Waals surface area contributed by atoms with Crippen molar-refractivity contribution in [1.29, 1.82) is 0 Å². The summed E-state index contributed by atoms with van der Waals surface area (Å²) in [5.74, 6) is 0.466. The summed E-state index contributed by atoms with van der Waals surface area (Å²) >= 11 is 0. The van der Waals surface area contributed by atoms with Crippen LogP contribution in [0.3, 0.4) is 0 Å². The van der Waals surface area contributed by atoms with E-state index in [1.54, 1.807) is 13.2 Å². The van der Waals surface area contributed by atoms with Crippen molar-refractivity contribution in [1.82, 2.24) is 0 Å². The first-order chi connectivity index (χ1) is 8.92. The lowest BCUT2D eigenvalue weighted by atomic mass is 9.80. The van der Waals surface area contributed by atoms with Crippen molar-refractivity contribution < 1.29 is 9.84 Å². The highest BCUT2D eigenvalue weighted by Crippen LogP contribution is 2.27. The standard InChI is InChI=1S/C16H31NO2/c1-7-12(8-2)16(18)13(11(4)5)10-14(17)15(9-3)19-6/h7-8,11,13-16,18H,1,9-10,17H2,2-6H3/b12-8+/t13?,14-,15-,16?/m0/s1. The van der Waals surface area contributed by atoms with Gasteiger partial charge in [0.1, 0.15) is 0 Å². The number of allylic oxidation sites excluding steroid dienone is 1. The van der Waals surface area contributed by atoms with Gasteiger partial charge >= 0.3 is 0 Å². The second-order valence-corrected chi connectivity index (χ2v) is 5.43. The highest BCUT2D eigenvalue weighted by Gasteiger charge is 2.28. The van der Waals surface area contributed by atoms with Crippen LogP contribution in [-0.2, 0) is 4.74 Å². The predicted molar refractivity (Wildman–Crippen MR) is 82.0 cm³/mol. The zero-order chi connectivity index (χ0) is 15.0. The number of rotatable bonds is 9. The number of hydrogen-bond donors (Lipinski definition) is 2. The van der Waals surface area contributed by atoms with Crippen molar-refractivity contribution in [2.75, 3.05) is 7.11 Å². The number of aliphatic hydroxyl groups is 1. The van der Waals surface area contributed by atoms with Gasteiger partial charge in [-0.3, -0.25) is 0 Å². The van der Waals surface area contributed by atoms with Gasteiger partial charge in [0.05, 0.1) is 12.2 Å². The van der Waals surface area contributed by atoms with Gasteiger partial charge < -0.3 is 15.6 Å². The molecule has 3 nitrogen and oxygen atoms in total. The smallest absolute Gasteiger partial charge is 0.0817 e. The molecule has 0 spiro atoms. The zero-order valence-electron chi connectivity index (χ0n) is 13.1. The molecule has 0 saturated carbocycles. The van der Waals surface area contributed by atoms with Gasteiger partial charge in [-0.25, -0.2) is 0 Å². The first kappa shape index (κ1) is 18.4. The number of nitrogens with two attached hydrogens (primary N) is 1. The summed E-state index contributed by atoms with van der Waals surface area (Å²) in [5, 5.41) is 10.5. The summed E-state index contributed by atoms with van der Waals surface area (Å²) in [6.45, 7) is 12.0. The summed E-state index contributed by atoms with van der Waals surface area (Å²) in [6.07, 6.45) is 4.80. The highest BCUT2D eigenvalue weighted by atomic mass is 16.5. The van der Waals surface area contributed by atoms with E-state index in [0.717, 1.165) is 18.4 Å². The molecule has 0 aromatic heterocycles. The molecule has 3 N–H and O–H groups in total. The molecule has 0 rings (SSSR count).